The summed E-state index contributed by atoms with van der Waals surface area (Å²) in [6, 6.07) is 0.550. The molecule has 0 aliphatic heterocycles. The summed E-state index contributed by atoms with van der Waals surface area (Å²) in [5.74, 6) is 0.992. The minimum atomic E-state index is 0.154. The first kappa shape index (κ1) is 13.2. The standard InChI is InChI=1S/C12H24N4/c1-9(2)16-8-14-15-11(16)6-10(13)7-12(3,4)5/h8-10H,6-7,13H2,1-5H3. The molecule has 1 rings (SSSR count). The van der Waals surface area contributed by atoms with Crippen LogP contribution in [0.2, 0.25) is 0 Å². The van der Waals surface area contributed by atoms with Crippen LogP contribution in [0.25, 0.3) is 0 Å². The predicted molar refractivity (Wildman–Crippen MR) is 66.2 cm³/mol. The third-order valence-electron chi connectivity index (χ3n) is 2.52. The molecule has 0 saturated heterocycles. The molecule has 1 aromatic heterocycles. The van der Waals surface area contributed by atoms with Gasteiger partial charge in [0.1, 0.15) is 12.2 Å². The highest BCUT2D eigenvalue weighted by molar-refractivity contribution is 4.92. The van der Waals surface area contributed by atoms with E-state index in [9.17, 15) is 0 Å². The summed E-state index contributed by atoms with van der Waals surface area (Å²) in [4.78, 5) is 0. The van der Waals surface area contributed by atoms with Gasteiger partial charge in [-0.15, -0.1) is 10.2 Å². The Morgan fingerprint density at radius 2 is 2.00 bits per heavy atom. The van der Waals surface area contributed by atoms with E-state index in [0.717, 1.165) is 18.7 Å². The summed E-state index contributed by atoms with van der Waals surface area (Å²) >= 11 is 0. The van der Waals surface area contributed by atoms with Gasteiger partial charge in [0.25, 0.3) is 0 Å². The van der Waals surface area contributed by atoms with E-state index in [1.165, 1.54) is 0 Å². The van der Waals surface area contributed by atoms with Crippen molar-refractivity contribution >= 4 is 0 Å². The van der Waals surface area contributed by atoms with Crippen molar-refractivity contribution in [2.24, 2.45) is 11.1 Å². The van der Waals surface area contributed by atoms with Crippen molar-refractivity contribution < 1.29 is 0 Å². The minimum Gasteiger partial charge on any atom is -0.327 e. The molecule has 2 N–H and O–H groups in total. The lowest BCUT2D eigenvalue weighted by atomic mass is 9.87. The van der Waals surface area contributed by atoms with Crippen molar-refractivity contribution in [1.29, 1.82) is 0 Å². The monoisotopic (exact) mass is 224 g/mol. The highest BCUT2D eigenvalue weighted by Crippen LogP contribution is 2.21. The maximum absolute atomic E-state index is 6.14. The molecule has 0 radical (unpaired) electrons. The lowest BCUT2D eigenvalue weighted by molar-refractivity contribution is 0.334. The van der Waals surface area contributed by atoms with Crippen LogP contribution >= 0.6 is 0 Å². The quantitative estimate of drug-likeness (QED) is 0.852. The number of hydrogen-bond donors (Lipinski definition) is 1. The van der Waals surface area contributed by atoms with Crippen molar-refractivity contribution in [3.05, 3.63) is 12.2 Å². The number of aromatic nitrogens is 3. The van der Waals surface area contributed by atoms with Crippen molar-refractivity contribution in [2.75, 3.05) is 0 Å². The van der Waals surface area contributed by atoms with Gasteiger partial charge in [-0.05, 0) is 25.7 Å². The molecule has 0 fully saturated rings. The Hall–Kier alpha value is -0.900. The largest absolute Gasteiger partial charge is 0.327 e. The van der Waals surface area contributed by atoms with E-state index in [0.29, 0.717) is 6.04 Å². The van der Waals surface area contributed by atoms with Crippen LogP contribution in [0.5, 0.6) is 0 Å². The normalized spacial score (nSPS) is 14.4. The first-order valence-corrected chi connectivity index (χ1v) is 5.93. The highest BCUT2D eigenvalue weighted by atomic mass is 15.3. The Morgan fingerprint density at radius 1 is 1.38 bits per heavy atom. The van der Waals surface area contributed by atoms with Gasteiger partial charge in [-0.25, -0.2) is 0 Å². The Bertz CT molecular complexity index is 322. The molecule has 4 nitrogen and oxygen atoms in total. The van der Waals surface area contributed by atoms with Gasteiger partial charge in [-0.1, -0.05) is 20.8 Å². The molecule has 0 amide bonds. The van der Waals surface area contributed by atoms with E-state index in [1.54, 1.807) is 6.33 Å². The smallest absolute Gasteiger partial charge is 0.134 e. The van der Waals surface area contributed by atoms with E-state index in [4.69, 9.17) is 5.73 Å². The van der Waals surface area contributed by atoms with E-state index >= 15 is 0 Å². The lowest BCUT2D eigenvalue weighted by Gasteiger charge is -2.23. The van der Waals surface area contributed by atoms with Crippen molar-refractivity contribution in [1.82, 2.24) is 14.8 Å². The van der Waals surface area contributed by atoms with Crippen LogP contribution in [-0.4, -0.2) is 20.8 Å². The Morgan fingerprint density at radius 3 is 2.50 bits per heavy atom. The molecule has 1 heterocycles. The van der Waals surface area contributed by atoms with Gasteiger partial charge in [0.2, 0.25) is 0 Å². The van der Waals surface area contributed by atoms with Crippen LogP contribution in [0, 0.1) is 5.41 Å². The fraction of sp³-hybridized carbons (Fsp3) is 0.833. The van der Waals surface area contributed by atoms with Crippen LogP contribution < -0.4 is 5.73 Å². The van der Waals surface area contributed by atoms with E-state index < -0.39 is 0 Å². The fourth-order valence-corrected chi connectivity index (χ4v) is 1.94. The average molecular weight is 224 g/mol. The summed E-state index contributed by atoms with van der Waals surface area (Å²) in [5.41, 5.74) is 6.40. The summed E-state index contributed by atoms with van der Waals surface area (Å²) < 4.78 is 2.09. The average Bonchev–Trinajstić information content (AvgIpc) is 2.47. The van der Waals surface area contributed by atoms with Gasteiger partial charge in [0.05, 0.1) is 0 Å². The molecular weight excluding hydrogens is 200 g/mol. The first-order chi connectivity index (χ1) is 7.29. The predicted octanol–water partition coefficient (Wildman–Crippen LogP) is 2.17. The lowest BCUT2D eigenvalue weighted by Crippen LogP contribution is -2.29. The molecular formula is C12H24N4. The summed E-state index contributed by atoms with van der Waals surface area (Å²) in [6.07, 6.45) is 3.58. The first-order valence-electron chi connectivity index (χ1n) is 5.93. The van der Waals surface area contributed by atoms with E-state index in [-0.39, 0.29) is 11.5 Å². The summed E-state index contributed by atoms with van der Waals surface area (Å²) in [7, 11) is 0. The van der Waals surface area contributed by atoms with Crippen molar-refractivity contribution in [3.63, 3.8) is 0 Å². The maximum atomic E-state index is 6.14. The van der Waals surface area contributed by atoms with Crippen molar-refractivity contribution in [3.8, 4) is 0 Å². The maximum Gasteiger partial charge on any atom is 0.134 e. The molecule has 0 aliphatic carbocycles. The number of hydrogen-bond acceptors (Lipinski definition) is 3. The Balaban J connectivity index is 2.63. The molecule has 4 heteroatoms. The van der Waals surface area contributed by atoms with Crippen LogP contribution in [-0.2, 0) is 6.42 Å². The van der Waals surface area contributed by atoms with Gasteiger partial charge < -0.3 is 10.3 Å². The van der Waals surface area contributed by atoms with Crippen LogP contribution in [0.4, 0.5) is 0 Å². The second kappa shape index (κ2) is 4.95. The summed E-state index contributed by atoms with van der Waals surface area (Å²) in [5, 5.41) is 8.09. The van der Waals surface area contributed by atoms with Gasteiger partial charge in [0, 0.05) is 18.5 Å². The SMILES string of the molecule is CC(C)n1cnnc1CC(N)CC(C)(C)C. The Kier molecular flexibility index (Phi) is 4.08. The zero-order valence-corrected chi connectivity index (χ0v) is 11.1. The second-order valence-corrected chi connectivity index (χ2v) is 5.98. The van der Waals surface area contributed by atoms with Gasteiger partial charge >= 0.3 is 0 Å². The zero-order valence-electron chi connectivity index (χ0n) is 11.1. The van der Waals surface area contributed by atoms with Gasteiger partial charge in [-0.3, -0.25) is 0 Å². The number of nitrogens with zero attached hydrogens (tertiary/aromatic N) is 3. The molecule has 16 heavy (non-hydrogen) atoms. The van der Waals surface area contributed by atoms with Crippen LogP contribution in [0.15, 0.2) is 6.33 Å². The van der Waals surface area contributed by atoms with E-state index in [1.807, 2.05) is 0 Å². The number of nitrogens with two attached hydrogens (primary N) is 1. The molecule has 0 bridgehead atoms. The zero-order chi connectivity index (χ0) is 12.3. The van der Waals surface area contributed by atoms with Gasteiger partial charge in [-0.2, -0.15) is 0 Å². The molecule has 0 spiro atoms. The fourth-order valence-electron chi connectivity index (χ4n) is 1.94. The van der Waals surface area contributed by atoms with Crippen LogP contribution in [0.3, 0.4) is 0 Å². The third-order valence-corrected chi connectivity index (χ3v) is 2.52. The molecule has 0 saturated carbocycles. The molecule has 0 aromatic carbocycles. The van der Waals surface area contributed by atoms with Crippen LogP contribution in [0.1, 0.15) is 52.9 Å². The number of rotatable bonds is 4. The minimum absolute atomic E-state index is 0.154. The molecule has 0 aliphatic rings. The third kappa shape index (κ3) is 3.93. The Labute approximate surface area is 98.2 Å². The molecule has 1 atom stereocenters. The molecule has 1 aromatic rings. The topological polar surface area (TPSA) is 56.7 Å². The molecule has 92 valence electrons. The summed E-state index contributed by atoms with van der Waals surface area (Å²) in [6.45, 7) is 10.9. The molecule has 1 unspecified atom stereocenters. The van der Waals surface area contributed by atoms with Crippen molar-refractivity contribution in [2.45, 2.75) is 59.5 Å². The highest BCUT2D eigenvalue weighted by Gasteiger charge is 2.18. The van der Waals surface area contributed by atoms with E-state index in [2.05, 4.69) is 49.4 Å². The second-order valence-electron chi connectivity index (χ2n) is 5.98. The van der Waals surface area contributed by atoms with Gasteiger partial charge in [0.15, 0.2) is 0 Å².